The fourth-order valence-electron chi connectivity index (χ4n) is 1.79. The SMILES string of the molecule is O=C(O)c1ccccc1C/C=C\c1ccccc1. The van der Waals surface area contributed by atoms with Crippen molar-refractivity contribution < 1.29 is 9.90 Å². The lowest BCUT2D eigenvalue weighted by Crippen LogP contribution is -2.01. The molecule has 0 aliphatic carbocycles. The second-order valence-corrected chi connectivity index (χ2v) is 3.98. The number of allylic oxidation sites excluding steroid dienone is 1. The molecule has 0 heterocycles. The van der Waals surface area contributed by atoms with E-state index in [1.807, 2.05) is 54.6 Å². The fourth-order valence-corrected chi connectivity index (χ4v) is 1.79. The van der Waals surface area contributed by atoms with E-state index >= 15 is 0 Å². The number of hydrogen-bond acceptors (Lipinski definition) is 1. The summed E-state index contributed by atoms with van der Waals surface area (Å²) in [5.41, 5.74) is 2.32. The molecule has 0 radical (unpaired) electrons. The highest BCUT2D eigenvalue weighted by Crippen LogP contribution is 2.11. The summed E-state index contributed by atoms with van der Waals surface area (Å²) in [5, 5.41) is 9.06. The molecule has 0 bridgehead atoms. The summed E-state index contributed by atoms with van der Waals surface area (Å²) < 4.78 is 0. The Morgan fingerprint density at radius 2 is 1.67 bits per heavy atom. The maximum absolute atomic E-state index is 11.0. The molecule has 18 heavy (non-hydrogen) atoms. The van der Waals surface area contributed by atoms with E-state index in [2.05, 4.69) is 0 Å². The van der Waals surface area contributed by atoms with Crippen LogP contribution in [0.4, 0.5) is 0 Å². The quantitative estimate of drug-likeness (QED) is 0.882. The van der Waals surface area contributed by atoms with Gasteiger partial charge in [0.05, 0.1) is 5.56 Å². The van der Waals surface area contributed by atoms with Crippen molar-refractivity contribution in [2.75, 3.05) is 0 Å². The van der Waals surface area contributed by atoms with Gasteiger partial charge in [0, 0.05) is 0 Å². The molecule has 0 saturated heterocycles. The monoisotopic (exact) mass is 238 g/mol. The molecule has 0 atom stereocenters. The minimum Gasteiger partial charge on any atom is -0.478 e. The minimum atomic E-state index is -0.876. The van der Waals surface area contributed by atoms with Crippen molar-refractivity contribution in [3.8, 4) is 0 Å². The molecular weight excluding hydrogens is 224 g/mol. The summed E-state index contributed by atoms with van der Waals surface area (Å²) in [7, 11) is 0. The second kappa shape index (κ2) is 5.82. The number of carboxylic acids is 1. The summed E-state index contributed by atoms with van der Waals surface area (Å²) in [6.07, 6.45) is 4.60. The van der Waals surface area contributed by atoms with Crippen LogP contribution in [0, 0.1) is 0 Å². The van der Waals surface area contributed by atoms with Crippen LogP contribution in [-0.4, -0.2) is 11.1 Å². The fraction of sp³-hybridized carbons (Fsp3) is 0.0625. The van der Waals surface area contributed by atoms with E-state index in [4.69, 9.17) is 5.11 Å². The third-order valence-corrected chi connectivity index (χ3v) is 2.70. The van der Waals surface area contributed by atoms with Crippen LogP contribution in [0.5, 0.6) is 0 Å². The van der Waals surface area contributed by atoms with Crippen molar-refractivity contribution in [2.24, 2.45) is 0 Å². The van der Waals surface area contributed by atoms with E-state index < -0.39 is 5.97 Å². The van der Waals surface area contributed by atoms with Gasteiger partial charge < -0.3 is 5.11 Å². The molecule has 0 amide bonds. The third-order valence-electron chi connectivity index (χ3n) is 2.70. The third kappa shape index (κ3) is 3.08. The van der Waals surface area contributed by atoms with Crippen molar-refractivity contribution >= 4 is 12.0 Å². The summed E-state index contributed by atoms with van der Waals surface area (Å²) in [5.74, 6) is -0.876. The number of rotatable bonds is 4. The molecule has 0 fully saturated rings. The number of carbonyl (C=O) groups is 1. The molecule has 2 heteroatoms. The predicted molar refractivity (Wildman–Crippen MR) is 72.6 cm³/mol. The molecule has 2 rings (SSSR count). The van der Waals surface area contributed by atoms with Crippen molar-refractivity contribution in [3.63, 3.8) is 0 Å². The largest absolute Gasteiger partial charge is 0.478 e. The number of benzene rings is 2. The molecular formula is C16H14O2. The highest BCUT2D eigenvalue weighted by molar-refractivity contribution is 5.89. The molecule has 1 N–H and O–H groups in total. The molecule has 0 aromatic heterocycles. The molecule has 2 aromatic rings. The van der Waals surface area contributed by atoms with Gasteiger partial charge in [0.2, 0.25) is 0 Å². The first kappa shape index (κ1) is 12.1. The molecule has 0 unspecified atom stereocenters. The zero-order valence-corrected chi connectivity index (χ0v) is 9.91. The molecule has 90 valence electrons. The first-order valence-corrected chi connectivity index (χ1v) is 5.80. The Labute approximate surface area is 106 Å². The Morgan fingerprint density at radius 1 is 1.00 bits per heavy atom. The lowest BCUT2D eigenvalue weighted by molar-refractivity contribution is 0.0696. The Bertz CT molecular complexity index is 556. The van der Waals surface area contributed by atoms with Crippen LogP contribution < -0.4 is 0 Å². The number of carboxylic acid groups (broad SMARTS) is 1. The van der Waals surface area contributed by atoms with E-state index in [1.54, 1.807) is 12.1 Å². The van der Waals surface area contributed by atoms with Crippen LogP contribution in [0.2, 0.25) is 0 Å². The average Bonchev–Trinajstić information content (AvgIpc) is 2.40. The lowest BCUT2D eigenvalue weighted by atomic mass is 10.0. The van der Waals surface area contributed by atoms with Crippen LogP contribution in [0.15, 0.2) is 60.7 Å². The smallest absolute Gasteiger partial charge is 0.335 e. The molecule has 0 saturated carbocycles. The Hall–Kier alpha value is -2.35. The van der Waals surface area contributed by atoms with Gasteiger partial charge in [0.15, 0.2) is 0 Å². The lowest BCUT2D eigenvalue weighted by Gasteiger charge is -2.02. The van der Waals surface area contributed by atoms with Crippen LogP contribution in [0.25, 0.3) is 6.08 Å². The Balaban J connectivity index is 2.11. The highest BCUT2D eigenvalue weighted by Gasteiger charge is 2.06. The standard InChI is InChI=1S/C16H14O2/c17-16(18)15-12-5-4-10-14(15)11-6-9-13-7-2-1-3-8-13/h1-10,12H,11H2,(H,17,18)/b9-6-. The van der Waals surface area contributed by atoms with E-state index in [0.29, 0.717) is 12.0 Å². The van der Waals surface area contributed by atoms with Crippen molar-refractivity contribution in [1.82, 2.24) is 0 Å². The van der Waals surface area contributed by atoms with Crippen LogP contribution in [0.1, 0.15) is 21.5 Å². The van der Waals surface area contributed by atoms with Crippen molar-refractivity contribution in [3.05, 3.63) is 77.4 Å². The molecule has 2 aromatic carbocycles. The van der Waals surface area contributed by atoms with E-state index in [9.17, 15) is 4.79 Å². The molecule has 2 nitrogen and oxygen atoms in total. The normalized spacial score (nSPS) is 10.7. The maximum Gasteiger partial charge on any atom is 0.335 e. The van der Waals surface area contributed by atoms with Gasteiger partial charge in [-0.05, 0) is 23.6 Å². The van der Waals surface area contributed by atoms with Gasteiger partial charge in [-0.1, -0.05) is 60.7 Å². The first-order valence-electron chi connectivity index (χ1n) is 5.80. The van der Waals surface area contributed by atoms with Gasteiger partial charge in [-0.3, -0.25) is 0 Å². The second-order valence-electron chi connectivity index (χ2n) is 3.98. The van der Waals surface area contributed by atoms with Crippen molar-refractivity contribution in [2.45, 2.75) is 6.42 Å². The summed E-state index contributed by atoms with van der Waals surface area (Å²) in [6, 6.07) is 17.0. The van der Waals surface area contributed by atoms with E-state index in [0.717, 1.165) is 11.1 Å². The molecule has 0 spiro atoms. The molecule has 0 aliphatic rings. The van der Waals surface area contributed by atoms with Crippen LogP contribution in [-0.2, 0) is 6.42 Å². The van der Waals surface area contributed by atoms with Crippen LogP contribution >= 0.6 is 0 Å². The van der Waals surface area contributed by atoms with Gasteiger partial charge >= 0.3 is 5.97 Å². The van der Waals surface area contributed by atoms with Gasteiger partial charge in [-0.2, -0.15) is 0 Å². The average molecular weight is 238 g/mol. The molecule has 0 aliphatic heterocycles. The number of hydrogen-bond donors (Lipinski definition) is 1. The van der Waals surface area contributed by atoms with Gasteiger partial charge in [-0.25, -0.2) is 4.79 Å². The summed E-state index contributed by atoms with van der Waals surface area (Å²) in [6.45, 7) is 0. The van der Waals surface area contributed by atoms with Gasteiger partial charge in [-0.15, -0.1) is 0 Å². The topological polar surface area (TPSA) is 37.3 Å². The number of aromatic carboxylic acids is 1. The zero-order valence-electron chi connectivity index (χ0n) is 9.91. The zero-order chi connectivity index (χ0) is 12.8. The predicted octanol–water partition coefficient (Wildman–Crippen LogP) is 3.64. The first-order chi connectivity index (χ1) is 8.77. The van der Waals surface area contributed by atoms with E-state index in [-0.39, 0.29) is 0 Å². The van der Waals surface area contributed by atoms with Gasteiger partial charge in [0.1, 0.15) is 0 Å². The van der Waals surface area contributed by atoms with E-state index in [1.165, 1.54) is 0 Å². The maximum atomic E-state index is 11.0. The minimum absolute atomic E-state index is 0.371. The van der Waals surface area contributed by atoms with Gasteiger partial charge in [0.25, 0.3) is 0 Å². The highest BCUT2D eigenvalue weighted by atomic mass is 16.4. The summed E-state index contributed by atoms with van der Waals surface area (Å²) in [4.78, 5) is 11.0. The summed E-state index contributed by atoms with van der Waals surface area (Å²) >= 11 is 0. The Kier molecular flexibility index (Phi) is 3.92. The van der Waals surface area contributed by atoms with Crippen molar-refractivity contribution in [1.29, 1.82) is 0 Å². The van der Waals surface area contributed by atoms with Crippen LogP contribution in [0.3, 0.4) is 0 Å². The Morgan fingerprint density at radius 3 is 2.39 bits per heavy atom.